The summed E-state index contributed by atoms with van der Waals surface area (Å²) in [6, 6.07) is 2.66. The summed E-state index contributed by atoms with van der Waals surface area (Å²) in [6.45, 7) is 0. The monoisotopic (exact) mass is 471 g/mol. The van der Waals surface area contributed by atoms with Crippen molar-refractivity contribution in [3.63, 3.8) is 0 Å². The number of carbonyl (C=O) groups is 1. The highest BCUT2D eigenvalue weighted by molar-refractivity contribution is 5.91. The van der Waals surface area contributed by atoms with Gasteiger partial charge in [0.2, 0.25) is 5.95 Å². The Bertz CT molecular complexity index is 1070. The third-order valence-corrected chi connectivity index (χ3v) is 6.39. The van der Waals surface area contributed by atoms with Gasteiger partial charge in [0.15, 0.2) is 0 Å². The number of nitro groups is 1. The van der Waals surface area contributed by atoms with Crippen molar-refractivity contribution in [3.05, 3.63) is 45.4 Å². The lowest BCUT2D eigenvalue weighted by Gasteiger charge is -2.30. The Balaban J connectivity index is 1.32. The Morgan fingerprint density at radius 1 is 1.12 bits per heavy atom. The Labute approximate surface area is 197 Å². The van der Waals surface area contributed by atoms with E-state index in [2.05, 4.69) is 16.0 Å². The number of fused-ring (bicyclic) bond motifs is 1. The minimum Gasteiger partial charge on any atom is -0.362 e. The number of halogens is 1. The number of nitrogens with zero attached hydrogens (tertiary/aromatic N) is 4. The van der Waals surface area contributed by atoms with E-state index in [-0.39, 0.29) is 17.8 Å². The molecule has 10 nitrogen and oxygen atoms in total. The van der Waals surface area contributed by atoms with Gasteiger partial charge in [-0.05, 0) is 63.5 Å². The number of hydrogen-bond acceptors (Lipinski definition) is 7. The third-order valence-electron chi connectivity index (χ3n) is 6.39. The minimum absolute atomic E-state index is 0.0412. The number of carbonyl (C=O) groups excluding carboxylic acids is 1. The van der Waals surface area contributed by atoms with Crippen LogP contribution in [0, 0.1) is 15.9 Å². The van der Waals surface area contributed by atoms with Crippen molar-refractivity contribution in [2.75, 3.05) is 29.6 Å². The maximum atomic E-state index is 13.3. The van der Waals surface area contributed by atoms with Crippen molar-refractivity contribution < 1.29 is 14.1 Å². The summed E-state index contributed by atoms with van der Waals surface area (Å²) in [6.07, 6.45) is 7.48. The summed E-state index contributed by atoms with van der Waals surface area (Å²) in [5.41, 5.74) is 1.86. The molecule has 1 aromatic carbocycles. The van der Waals surface area contributed by atoms with Gasteiger partial charge in [-0.2, -0.15) is 4.98 Å². The summed E-state index contributed by atoms with van der Waals surface area (Å²) < 4.78 is 13.3. The number of amides is 2. The average molecular weight is 472 g/mol. The van der Waals surface area contributed by atoms with Gasteiger partial charge in [-0.25, -0.2) is 14.2 Å². The van der Waals surface area contributed by atoms with Crippen LogP contribution in [0.4, 0.5) is 32.3 Å². The SMILES string of the molecule is CN(C)c1nc(NC2CCC(NC(=O)Nc3ccc(F)cc3[N+](=O)[O-])CC2)nc2c1CCCC2. The topological polar surface area (TPSA) is 125 Å². The summed E-state index contributed by atoms with van der Waals surface area (Å²) in [7, 11) is 4.01. The van der Waals surface area contributed by atoms with E-state index in [9.17, 15) is 19.3 Å². The molecule has 0 saturated heterocycles. The molecule has 0 atom stereocenters. The van der Waals surface area contributed by atoms with Crippen LogP contribution in [0.15, 0.2) is 18.2 Å². The van der Waals surface area contributed by atoms with Crippen LogP contribution in [0.3, 0.4) is 0 Å². The predicted molar refractivity (Wildman–Crippen MR) is 128 cm³/mol. The molecule has 1 fully saturated rings. The Morgan fingerprint density at radius 3 is 2.53 bits per heavy atom. The van der Waals surface area contributed by atoms with Gasteiger partial charge in [0, 0.05) is 31.7 Å². The number of hydrogen-bond donors (Lipinski definition) is 3. The van der Waals surface area contributed by atoms with Gasteiger partial charge in [0.05, 0.1) is 16.7 Å². The molecule has 0 radical (unpaired) electrons. The molecular formula is C23H30FN7O3. The Morgan fingerprint density at radius 2 is 1.82 bits per heavy atom. The summed E-state index contributed by atoms with van der Waals surface area (Å²) in [5.74, 6) is 0.903. The van der Waals surface area contributed by atoms with Crippen LogP contribution in [-0.4, -0.2) is 47.1 Å². The molecule has 2 amide bonds. The van der Waals surface area contributed by atoms with Crippen LogP contribution >= 0.6 is 0 Å². The van der Waals surface area contributed by atoms with Crippen LogP contribution in [0.25, 0.3) is 0 Å². The first-order valence-electron chi connectivity index (χ1n) is 11.6. The van der Waals surface area contributed by atoms with Crippen LogP contribution in [0.2, 0.25) is 0 Å². The summed E-state index contributed by atoms with van der Waals surface area (Å²) in [4.78, 5) is 34.4. The fraction of sp³-hybridized carbons (Fsp3) is 0.522. The van der Waals surface area contributed by atoms with E-state index >= 15 is 0 Å². The third kappa shape index (κ3) is 5.52. The first-order valence-corrected chi connectivity index (χ1v) is 11.6. The molecule has 0 bridgehead atoms. The Hall–Kier alpha value is -3.50. The van der Waals surface area contributed by atoms with Crippen molar-refractivity contribution >= 4 is 29.2 Å². The molecule has 0 spiro atoms. The first kappa shape index (κ1) is 23.7. The van der Waals surface area contributed by atoms with E-state index in [4.69, 9.17) is 9.97 Å². The standard InChI is InChI=1S/C23H30FN7O3/c1-30(2)21-17-5-3-4-6-18(17)27-22(29-21)25-15-8-10-16(11-9-15)26-23(32)28-19-12-7-14(24)13-20(19)31(33)34/h7,12-13,15-16H,3-6,8-11H2,1-2H3,(H,25,27,29)(H2,26,28,32). The normalized spacial score (nSPS) is 19.6. The van der Waals surface area contributed by atoms with Gasteiger partial charge in [-0.1, -0.05) is 0 Å². The predicted octanol–water partition coefficient (Wildman–Crippen LogP) is 4.01. The van der Waals surface area contributed by atoms with Gasteiger partial charge >= 0.3 is 6.03 Å². The zero-order valence-electron chi connectivity index (χ0n) is 19.4. The van der Waals surface area contributed by atoms with Crippen molar-refractivity contribution in [2.24, 2.45) is 0 Å². The van der Waals surface area contributed by atoms with E-state index in [1.165, 1.54) is 18.1 Å². The second-order valence-electron chi connectivity index (χ2n) is 9.11. The number of aryl methyl sites for hydroxylation is 1. The van der Waals surface area contributed by atoms with Crippen molar-refractivity contribution in [1.29, 1.82) is 0 Å². The number of benzene rings is 1. The smallest absolute Gasteiger partial charge is 0.319 e. The van der Waals surface area contributed by atoms with E-state index in [0.29, 0.717) is 5.95 Å². The quantitative estimate of drug-likeness (QED) is 0.429. The van der Waals surface area contributed by atoms with E-state index < -0.39 is 22.5 Å². The molecule has 182 valence electrons. The van der Waals surface area contributed by atoms with Gasteiger partial charge < -0.3 is 20.9 Å². The molecular weight excluding hydrogens is 441 g/mol. The molecule has 0 unspecified atom stereocenters. The molecule has 1 saturated carbocycles. The average Bonchev–Trinajstić information content (AvgIpc) is 2.80. The first-order chi connectivity index (χ1) is 16.3. The van der Waals surface area contributed by atoms with E-state index in [0.717, 1.165) is 68.6 Å². The van der Waals surface area contributed by atoms with Crippen LogP contribution in [0.5, 0.6) is 0 Å². The zero-order valence-corrected chi connectivity index (χ0v) is 19.4. The number of rotatable bonds is 6. The molecule has 1 aromatic heterocycles. The van der Waals surface area contributed by atoms with Crippen molar-refractivity contribution in [1.82, 2.24) is 15.3 Å². The molecule has 3 N–H and O–H groups in total. The molecule has 0 aliphatic heterocycles. The highest BCUT2D eigenvalue weighted by atomic mass is 19.1. The number of nitro benzene ring substituents is 1. The van der Waals surface area contributed by atoms with Gasteiger partial charge in [-0.3, -0.25) is 10.1 Å². The Kier molecular flexibility index (Phi) is 7.09. The number of urea groups is 1. The molecule has 11 heteroatoms. The fourth-order valence-corrected chi connectivity index (χ4v) is 4.68. The molecule has 2 aliphatic carbocycles. The van der Waals surface area contributed by atoms with Gasteiger partial charge in [0.1, 0.15) is 17.3 Å². The van der Waals surface area contributed by atoms with Gasteiger partial charge in [0.25, 0.3) is 5.69 Å². The van der Waals surface area contributed by atoms with Crippen molar-refractivity contribution in [2.45, 2.75) is 63.5 Å². The van der Waals surface area contributed by atoms with Crippen molar-refractivity contribution in [3.8, 4) is 0 Å². The lowest BCUT2D eigenvalue weighted by molar-refractivity contribution is -0.384. The molecule has 2 aromatic rings. The lowest BCUT2D eigenvalue weighted by atomic mass is 9.91. The lowest BCUT2D eigenvalue weighted by Crippen LogP contribution is -2.42. The van der Waals surface area contributed by atoms with Gasteiger partial charge in [-0.15, -0.1) is 0 Å². The second kappa shape index (κ2) is 10.2. The highest BCUT2D eigenvalue weighted by Gasteiger charge is 2.25. The van der Waals surface area contributed by atoms with Crippen LogP contribution < -0.4 is 20.9 Å². The van der Waals surface area contributed by atoms with Crippen LogP contribution in [-0.2, 0) is 12.8 Å². The summed E-state index contributed by atoms with van der Waals surface area (Å²) >= 11 is 0. The molecule has 2 aliphatic rings. The second-order valence-corrected chi connectivity index (χ2v) is 9.11. The maximum absolute atomic E-state index is 13.3. The molecule has 34 heavy (non-hydrogen) atoms. The number of nitrogens with one attached hydrogen (secondary N) is 3. The molecule has 1 heterocycles. The molecule has 4 rings (SSSR count). The minimum atomic E-state index is -0.732. The van der Waals surface area contributed by atoms with E-state index in [1.807, 2.05) is 19.0 Å². The number of anilines is 3. The number of aromatic nitrogens is 2. The maximum Gasteiger partial charge on any atom is 0.319 e. The zero-order chi connectivity index (χ0) is 24.2. The van der Waals surface area contributed by atoms with E-state index in [1.54, 1.807) is 0 Å². The highest BCUT2D eigenvalue weighted by Crippen LogP contribution is 2.30. The van der Waals surface area contributed by atoms with Crippen LogP contribution in [0.1, 0.15) is 49.8 Å². The fourth-order valence-electron chi connectivity index (χ4n) is 4.68. The largest absolute Gasteiger partial charge is 0.362 e. The summed E-state index contributed by atoms with van der Waals surface area (Å²) in [5, 5.41) is 19.9.